The average molecular weight is 613 g/mol. The van der Waals surface area contributed by atoms with E-state index in [9.17, 15) is 4.79 Å². The lowest BCUT2D eigenvalue weighted by molar-refractivity contribution is -0.112. The Hall–Kier alpha value is -4.71. The summed E-state index contributed by atoms with van der Waals surface area (Å²) in [6.07, 6.45) is 7.91. The molecular formula is C33H34F2N8O2. The molecule has 0 saturated carbocycles. The number of carbonyl (C=O) groups is 1. The Bertz CT molecular complexity index is 1850. The van der Waals surface area contributed by atoms with Crippen LogP contribution in [0, 0.1) is 17.0 Å². The Kier molecular flexibility index (Phi) is 7.52. The number of ether oxygens (including phenoxy) is 1. The fourth-order valence-electron chi connectivity index (χ4n) is 7.05. The zero-order valence-corrected chi connectivity index (χ0v) is 24.8. The summed E-state index contributed by atoms with van der Waals surface area (Å²) in [7, 11) is 0. The lowest BCUT2D eigenvalue weighted by Crippen LogP contribution is -2.43. The van der Waals surface area contributed by atoms with Crippen LogP contribution in [0.1, 0.15) is 32.1 Å². The highest BCUT2D eigenvalue weighted by Crippen LogP contribution is 2.40. The molecule has 0 spiro atoms. The van der Waals surface area contributed by atoms with Gasteiger partial charge in [-0.05, 0) is 62.7 Å². The first-order valence-corrected chi connectivity index (χ1v) is 15.3. The lowest BCUT2D eigenvalue weighted by atomic mass is 9.95. The number of rotatable bonds is 7. The second-order valence-corrected chi connectivity index (χ2v) is 12.0. The average Bonchev–Trinajstić information content (AvgIpc) is 3.53. The second-order valence-electron chi connectivity index (χ2n) is 12.0. The normalized spacial score (nSPS) is 19.1. The van der Waals surface area contributed by atoms with E-state index < -0.39 is 17.5 Å². The fourth-order valence-corrected chi connectivity index (χ4v) is 7.05. The van der Waals surface area contributed by atoms with Crippen LogP contribution in [0.5, 0.6) is 6.01 Å². The lowest BCUT2D eigenvalue weighted by Gasteiger charge is -2.31. The third kappa shape index (κ3) is 5.33. The van der Waals surface area contributed by atoms with Gasteiger partial charge in [0.25, 0.3) is 5.91 Å². The summed E-state index contributed by atoms with van der Waals surface area (Å²) in [5, 5.41) is 12.5. The fraction of sp³-hybridized carbons (Fsp3) is 0.364. The Balaban J connectivity index is 1.35. The number of halogens is 2. The number of anilines is 1. The molecule has 3 fully saturated rings. The van der Waals surface area contributed by atoms with Crippen LogP contribution in [0.2, 0.25) is 0 Å². The molecule has 45 heavy (non-hydrogen) atoms. The molecule has 3 aliphatic rings. The van der Waals surface area contributed by atoms with Gasteiger partial charge in [-0.2, -0.15) is 9.97 Å². The third-order valence-electron chi connectivity index (χ3n) is 9.24. The topological polar surface area (TPSA) is 133 Å². The second kappa shape index (κ2) is 11.7. The molecule has 0 unspecified atom stereocenters. The van der Waals surface area contributed by atoms with E-state index in [1.807, 2.05) is 4.90 Å². The Morgan fingerprint density at radius 3 is 2.64 bits per heavy atom. The van der Waals surface area contributed by atoms with Crippen molar-refractivity contribution in [3.63, 3.8) is 0 Å². The van der Waals surface area contributed by atoms with Crippen LogP contribution in [0.3, 0.4) is 0 Å². The van der Waals surface area contributed by atoms with Crippen molar-refractivity contribution in [3.05, 3.63) is 66.0 Å². The summed E-state index contributed by atoms with van der Waals surface area (Å²) in [4.78, 5) is 29.9. The molecule has 0 bridgehead atoms. The molecule has 12 heteroatoms. The van der Waals surface area contributed by atoms with Crippen LogP contribution >= 0.6 is 0 Å². The first-order valence-electron chi connectivity index (χ1n) is 15.3. The highest BCUT2D eigenvalue weighted by atomic mass is 19.1. The summed E-state index contributed by atoms with van der Waals surface area (Å²) >= 11 is 0. The van der Waals surface area contributed by atoms with E-state index in [2.05, 4.69) is 20.2 Å². The van der Waals surface area contributed by atoms with Gasteiger partial charge in [0.2, 0.25) is 0 Å². The van der Waals surface area contributed by atoms with E-state index in [-0.39, 0.29) is 40.4 Å². The Labute approximate surface area is 258 Å². The molecular weight excluding hydrogens is 578 g/mol. The van der Waals surface area contributed by atoms with Gasteiger partial charge in [0.15, 0.2) is 5.82 Å². The molecule has 1 amide bonds. The summed E-state index contributed by atoms with van der Waals surface area (Å²) in [5.41, 5.74) is 5.85. The number of hydrogen-bond donors (Lipinski definition) is 3. The zero-order valence-electron chi connectivity index (χ0n) is 24.8. The van der Waals surface area contributed by atoms with Crippen molar-refractivity contribution in [1.29, 1.82) is 5.41 Å². The number of benzene rings is 2. The molecule has 3 aliphatic heterocycles. The smallest absolute Gasteiger partial charge is 0.319 e. The number of pyridine rings is 1. The molecule has 0 radical (unpaired) electrons. The number of fused-ring (bicyclic) bond motifs is 3. The van der Waals surface area contributed by atoms with Gasteiger partial charge in [0.05, 0.1) is 17.5 Å². The van der Waals surface area contributed by atoms with Gasteiger partial charge in [-0.1, -0.05) is 30.3 Å². The van der Waals surface area contributed by atoms with Crippen LogP contribution in [0.4, 0.5) is 14.6 Å². The van der Waals surface area contributed by atoms with E-state index in [0.717, 1.165) is 38.8 Å². The van der Waals surface area contributed by atoms with E-state index in [0.29, 0.717) is 54.0 Å². The SMILES string of the molecule is N=C(/C=C1/CN(c2nc(OCC34CCCN3CCC4)nc3c(F)c(-c4cccc5cccc(F)c45)ncc23)CCCN1)C(N)=O. The zero-order chi connectivity index (χ0) is 31.1. The molecule has 7 rings (SSSR count). The maximum Gasteiger partial charge on any atom is 0.319 e. The van der Waals surface area contributed by atoms with Gasteiger partial charge in [-0.15, -0.1) is 0 Å². The molecule has 3 saturated heterocycles. The van der Waals surface area contributed by atoms with E-state index in [1.54, 1.807) is 30.3 Å². The molecule has 4 aromatic rings. The van der Waals surface area contributed by atoms with Crippen molar-refractivity contribution >= 4 is 39.1 Å². The molecule has 5 heterocycles. The number of carbonyl (C=O) groups excluding carboxylic acids is 1. The monoisotopic (exact) mass is 612 g/mol. The predicted molar refractivity (Wildman–Crippen MR) is 168 cm³/mol. The number of primary amides is 1. The van der Waals surface area contributed by atoms with E-state index >= 15 is 8.78 Å². The van der Waals surface area contributed by atoms with Gasteiger partial charge in [-0.25, -0.2) is 8.78 Å². The van der Waals surface area contributed by atoms with Crippen LogP contribution in [0.25, 0.3) is 32.9 Å². The van der Waals surface area contributed by atoms with Gasteiger partial charge in [-0.3, -0.25) is 20.1 Å². The number of hydrogen-bond acceptors (Lipinski definition) is 9. The van der Waals surface area contributed by atoms with Crippen molar-refractivity contribution in [2.45, 2.75) is 37.6 Å². The number of amides is 1. The van der Waals surface area contributed by atoms with E-state index in [4.69, 9.17) is 20.9 Å². The van der Waals surface area contributed by atoms with Crippen molar-refractivity contribution in [2.24, 2.45) is 5.73 Å². The van der Waals surface area contributed by atoms with Crippen LogP contribution in [-0.2, 0) is 4.79 Å². The maximum absolute atomic E-state index is 16.7. The van der Waals surface area contributed by atoms with Crippen molar-refractivity contribution < 1.29 is 18.3 Å². The summed E-state index contributed by atoms with van der Waals surface area (Å²) in [6.45, 7) is 3.88. The molecule has 2 aromatic heterocycles. The van der Waals surface area contributed by atoms with Crippen LogP contribution < -0.4 is 20.7 Å². The number of aromatic nitrogens is 3. The highest BCUT2D eigenvalue weighted by molar-refractivity contribution is 6.41. The minimum atomic E-state index is -0.834. The van der Waals surface area contributed by atoms with E-state index in [1.165, 1.54) is 18.3 Å². The Morgan fingerprint density at radius 1 is 1.09 bits per heavy atom. The quantitative estimate of drug-likeness (QED) is 0.263. The van der Waals surface area contributed by atoms with Crippen molar-refractivity contribution in [1.82, 2.24) is 25.2 Å². The number of nitrogens with zero attached hydrogens (tertiary/aromatic N) is 5. The molecule has 10 nitrogen and oxygen atoms in total. The maximum atomic E-state index is 16.7. The summed E-state index contributed by atoms with van der Waals surface area (Å²) in [6, 6.07) is 9.98. The first kappa shape index (κ1) is 29.0. The van der Waals surface area contributed by atoms with Crippen molar-refractivity contribution in [2.75, 3.05) is 44.2 Å². The number of nitrogens with two attached hydrogens (primary N) is 1. The molecule has 2 aromatic carbocycles. The molecule has 0 atom stereocenters. The minimum absolute atomic E-state index is 0.0156. The standard InChI is InChI=1S/C33H34F2N8O2/c34-24-9-2-7-20-6-1-8-22(26(20)24)28-27(35)29-23(17-39-28)31(42-13-5-12-38-21(18-42)16-25(36)30(37)44)41-32(40-29)45-19-33-10-3-14-43(33)15-4-11-33/h1-2,6-9,16-17,36,38H,3-5,10-15,18-19H2,(H2,37,44)/b21-16-,36-25?. The Morgan fingerprint density at radius 2 is 1.87 bits per heavy atom. The van der Waals surface area contributed by atoms with Crippen LogP contribution in [-0.4, -0.2) is 76.3 Å². The van der Waals surface area contributed by atoms with Crippen molar-refractivity contribution in [3.8, 4) is 17.3 Å². The van der Waals surface area contributed by atoms with Crippen LogP contribution in [0.15, 0.2) is 54.4 Å². The van der Waals surface area contributed by atoms with Gasteiger partial charge in [0.1, 0.15) is 35.2 Å². The van der Waals surface area contributed by atoms with Gasteiger partial charge in [0, 0.05) is 35.9 Å². The number of nitrogens with one attached hydrogen (secondary N) is 2. The summed E-state index contributed by atoms with van der Waals surface area (Å²) in [5.74, 6) is -1.58. The molecule has 0 aliphatic carbocycles. The largest absolute Gasteiger partial charge is 0.461 e. The third-order valence-corrected chi connectivity index (χ3v) is 9.24. The highest BCUT2D eigenvalue weighted by Gasteiger charge is 2.45. The van der Waals surface area contributed by atoms with Gasteiger partial charge >= 0.3 is 6.01 Å². The minimum Gasteiger partial charge on any atom is -0.461 e. The summed E-state index contributed by atoms with van der Waals surface area (Å²) < 4.78 is 38.0. The first-order chi connectivity index (χ1) is 21.8. The predicted octanol–water partition coefficient (Wildman–Crippen LogP) is 4.32. The molecule has 232 valence electrons. The van der Waals surface area contributed by atoms with Gasteiger partial charge < -0.3 is 20.7 Å². The molecule has 4 N–H and O–H groups in total.